The summed E-state index contributed by atoms with van der Waals surface area (Å²) in [5.74, 6) is 0.426. The summed E-state index contributed by atoms with van der Waals surface area (Å²) in [6.45, 7) is 0.737. The normalized spacial score (nSPS) is 12.9. The molecule has 1 unspecified atom stereocenters. The van der Waals surface area contributed by atoms with E-state index in [4.69, 9.17) is 4.74 Å². The van der Waals surface area contributed by atoms with Gasteiger partial charge < -0.3 is 4.74 Å². The molecule has 118 valence electrons. The van der Waals surface area contributed by atoms with E-state index in [1.165, 1.54) is 12.1 Å². The van der Waals surface area contributed by atoms with Crippen molar-refractivity contribution < 1.29 is 17.9 Å². The molecule has 0 saturated carbocycles. The van der Waals surface area contributed by atoms with Gasteiger partial charge in [-0.1, -0.05) is 30.3 Å². The van der Waals surface area contributed by atoms with Gasteiger partial charge in [-0.3, -0.25) is 3.53 Å². The lowest BCUT2D eigenvalue weighted by Crippen LogP contribution is -2.13. The standard InChI is InChI=1S/C16H15F3INO/c17-16(18,19)13-6-8-14(9-7-13)22-15(10-11-21-20)12-4-2-1-3-5-12/h1-9,15,21H,10-11H2. The molecule has 0 bridgehead atoms. The first kappa shape index (κ1) is 17.1. The van der Waals surface area contributed by atoms with Gasteiger partial charge in [0.1, 0.15) is 11.9 Å². The summed E-state index contributed by atoms with van der Waals surface area (Å²) >= 11 is 2.05. The number of benzene rings is 2. The zero-order chi connectivity index (χ0) is 16.0. The van der Waals surface area contributed by atoms with Crippen molar-refractivity contribution in [3.05, 3.63) is 65.7 Å². The minimum atomic E-state index is -4.33. The highest BCUT2D eigenvalue weighted by atomic mass is 127. The Morgan fingerprint density at radius 1 is 1.00 bits per heavy atom. The van der Waals surface area contributed by atoms with Gasteiger partial charge in [0.15, 0.2) is 0 Å². The van der Waals surface area contributed by atoms with Gasteiger partial charge in [-0.05, 0) is 29.8 Å². The Labute approximate surface area is 141 Å². The average Bonchev–Trinajstić information content (AvgIpc) is 2.52. The van der Waals surface area contributed by atoms with Crippen LogP contribution in [0.5, 0.6) is 5.75 Å². The molecule has 6 heteroatoms. The Hall–Kier alpha value is -1.28. The molecule has 1 atom stereocenters. The maximum Gasteiger partial charge on any atom is 0.416 e. The Morgan fingerprint density at radius 3 is 2.18 bits per heavy atom. The molecule has 0 aliphatic carbocycles. The Balaban J connectivity index is 2.13. The molecule has 0 saturated heterocycles. The Morgan fingerprint density at radius 2 is 1.64 bits per heavy atom. The monoisotopic (exact) mass is 421 g/mol. The summed E-state index contributed by atoms with van der Waals surface area (Å²) in [4.78, 5) is 0. The van der Waals surface area contributed by atoms with Crippen LogP contribution in [0.25, 0.3) is 0 Å². The van der Waals surface area contributed by atoms with Crippen LogP contribution in [0.3, 0.4) is 0 Å². The molecule has 2 aromatic carbocycles. The van der Waals surface area contributed by atoms with E-state index in [9.17, 15) is 13.2 Å². The second kappa shape index (κ2) is 7.82. The lowest BCUT2D eigenvalue weighted by atomic mass is 10.1. The summed E-state index contributed by atoms with van der Waals surface area (Å²) in [5, 5.41) is 0. The number of halogens is 4. The molecule has 2 aromatic rings. The number of hydrogen-bond acceptors (Lipinski definition) is 2. The topological polar surface area (TPSA) is 21.3 Å². The summed E-state index contributed by atoms with van der Waals surface area (Å²) < 4.78 is 46.6. The molecule has 2 rings (SSSR count). The van der Waals surface area contributed by atoms with Crippen molar-refractivity contribution in [3.8, 4) is 5.75 Å². The fraction of sp³-hybridized carbons (Fsp3) is 0.250. The fourth-order valence-electron chi connectivity index (χ4n) is 2.03. The quantitative estimate of drug-likeness (QED) is 0.515. The Bertz CT molecular complexity index is 572. The maximum atomic E-state index is 12.6. The van der Waals surface area contributed by atoms with Crippen LogP contribution in [-0.2, 0) is 6.18 Å². The van der Waals surface area contributed by atoms with Gasteiger partial charge in [0.25, 0.3) is 0 Å². The summed E-state index contributed by atoms with van der Waals surface area (Å²) in [5.41, 5.74) is 0.319. The molecule has 0 aliphatic heterocycles. The van der Waals surface area contributed by atoms with Gasteiger partial charge in [-0.2, -0.15) is 13.2 Å². The second-order valence-corrected chi connectivity index (χ2v) is 5.47. The highest BCUT2D eigenvalue weighted by Crippen LogP contribution is 2.31. The van der Waals surface area contributed by atoms with Gasteiger partial charge in [0, 0.05) is 35.8 Å². The lowest BCUT2D eigenvalue weighted by molar-refractivity contribution is -0.137. The maximum absolute atomic E-state index is 12.6. The number of alkyl halides is 3. The average molecular weight is 421 g/mol. The van der Waals surface area contributed by atoms with Crippen LogP contribution in [0.4, 0.5) is 13.2 Å². The van der Waals surface area contributed by atoms with Gasteiger partial charge in [-0.15, -0.1) is 0 Å². The van der Waals surface area contributed by atoms with E-state index in [0.717, 1.165) is 24.2 Å². The summed E-state index contributed by atoms with van der Waals surface area (Å²) in [6, 6.07) is 14.4. The van der Waals surface area contributed by atoms with E-state index in [0.29, 0.717) is 12.2 Å². The van der Waals surface area contributed by atoms with Crippen molar-refractivity contribution in [2.24, 2.45) is 0 Å². The third-order valence-electron chi connectivity index (χ3n) is 3.13. The van der Waals surface area contributed by atoms with Crippen LogP contribution in [-0.4, -0.2) is 6.54 Å². The van der Waals surface area contributed by atoms with E-state index in [1.54, 1.807) is 0 Å². The van der Waals surface area contributed by atoms with Crippen LogP contribution in [0, 0.1) is 0 Å². The molecule has 0 fully saturated rings. The first-order valence-electron chi connectivity index (χ1n) is 6.73. The van der Waals surface area contributed by atoms with Crippen molar-refractivity contribution in [1.82, 2.24) is 3.53 Å². The molecule has 0 heterocycles. The summed E-state index contributed by atoms with van der Waals surface area (Å²) in [7, 11) is 0. The van der Waals surface area contributed by atoms with Gasteiger partial charge in [0.05, 0.1) is 5.56 Å². The first-order valence-corrected chi connectivity index (χ1v) is 7.81. The van der Waals surface area contributed by atoms with Crippen molar-refractivity contribution in [1.29, 1.82) is 0 Å². The highest BCUT2D eigenvalue weighted by molar-refractivity contribution is 14.1. The third kappa shape index (κ3) is 4.88. The molecule has 0 radical (unpaired) electrons. The molecular weight excluding hydrogens is 406 g/mol. The lowest BCUT2D eigenvalue weighted by Gasteiger charge is -2.20. The molecule has 2 nitrogen and oxygen atoms in total. The van der Waals surface area contributed by atoms with Crippen molar-refractivity contribution in [3.63, 3.8) is 0 Å². The van der Waals surface area contributed by atoms with E-state index in [1.807, 2.05) is 30.3 Å². The van der Waals surface area contributed by atoms with Gasteiger partial charge in [-0.25, -0.2) is 0 Å². The van der Waals surface area contributed by atoms with Crippen LogP contribution in [0.15, 0.2) is 54.6 Å². The fourth-order valence-corrected chi connectivity index (χ4v) is 2.35. The van der Waals surface area contributed by atoms with Gasteiger partial charge >= 0.3 is 6.18 Å². The number of nitrogens with one attached hydrogen (secondary N) is 1. The van der Waals surface area contributed by atoms with E-state index >= 15 is 0 Å². The molecule has 0 aromatic heterocycles. The van der Waals surface area contributed by atoms with Crippen molar-refractivity contribution in [2.45, 2.75) is 18.7 Å². The van der Waals surface area contributed by atoms with E-state index < -0.39 is 11.7 Å². The summed E-state index contributed by atoms with van der Waals surface area (Å²) in [6.07, 6.45) is -3.82. The number of rotatable bonds is 6. The van der Waals surface area contributed by atoms with Crippen molar-refractivity contribution in [2.75, 3.05) is 6.54 Å². The van der Waals surface area contributed by atoms with Gasteiger partial charge in [0.2, 0.25) is 0 Å². The van der Waals surface area contributed by atoms with E-state index in [2.05, 4.69) is 26.4 Å². The molecular formula is C16H15F3INO. The minimum absolute atomic E-state index is 0.208. The SMILES string of the molecule is FC(F)(F)c1ccc(OC(CCNI)c2ccccc2)cc1. The molecule has 0 spiro atoms. The zero-order valence-corrected chi connectivity index (χ0v) is 13.8. The number of hydrogen-bond donors (Lipinski definition) is 1. The minimum Gasteiger partial charge on any atom is -0.486 e. The highest BCUT2D eigenvalue weighted by Gasteiger charge is 2.30. The third-order valence-corrected chi connectivity index (χ3v) is 3.67. The van der Waals surface area contributed by atoms with Crippen LogP contribution < -0.4 is 8.27 Å². The molecule has 1 N–H and O–H groups in total. The van der Waals surface area contributed by atoms with Crippen molar-refractivity contribution >= 4 is 22.9 Å². The van der Waals surface area contributed by atoms with Crippen LogP contribution in [0.1, 0.15) is 23.7 Å². The van der Waals surface area contributed by atoms with Crippen LogP contribution >= 0.6 is 22.9 Å². The second-order valence-electron chi connectivity index (χ2n) is 4.71. The molecule has 0 amide bonds. The Kier molecular flexibility index (Phi) is 6.07. The first-order chi connectivity index (χ1) is 10.5. The largest absolute Gasteiger partial charge is 0.486 e. The number of ether oxygens (including phenoxy) is 1. The predicted molar refractivity (Wildman–Crippen MR) is 87.9 cm³/mol. The molecule has 0 aliphatic rings. The van der Waals surface area contributed by atoms with E-state index in [-0.39, 0.29) is 6.10 Å². The zero-order valence-electron chi connectivity index (χ0n) is 11.6. The molecule has 22 heavy (non-hydrogen) atoms. The van der Waals surface area contributed by atoms with Crippen LogP contribution in [0.2, 0.25) is 0 Å². The smallest absolute Gasteiger partial charge is 0.416 e. The predicted octanol–water partition coefficient (Wildman–Crippen LogP) is 5.16.